The first-order chi connectivity index (χ1) is 9.54. The van der Waals surface area contributed by atoms with E-state index in [0.29, 0.717) is 29.3 Å². The number of carbonyl (C=O) groups is 1. The second-order valence-corrected chi connectivity index (χ2v) is 7.71. The Bertz CT molecular complexity index is 379. The summed E-state index contributed by atoms with van der Waals surface area (Å²) in [6, 6.07) is 0.906. The molecule has 0 radical (unpaired) electrons. The molecule has 4 rings (SSSR count). The van der Waals surface area contributed by atoms with Gasteiger partial charge in [-0.25, -0.2) is 0 Å². The third kappa shape index (κ3) is 2.40. The Hall–Kier alpha value is -0.505. The van der Waals surface area contributed by atoms with Crippen molar-refractivity contribution in [1.29, 1.82) is 0 Å². The van der Waals surface area contributed by atoms with E-state index in [2.05, 4.69) is 31.1 Å². The molecule has 3 aliphatic heterocycles. The minimum absolute atomic E-state index is 0.373. The second-order valence-electron chi connectivity index (χ2n) is 7.71. The molecule has 20 heavy (non-hydrogen) atoms. The molecule has 4 aliphatic rings. The fourth-order valence-electron chi connectivity index (χ4n) is 5.15. The van der Waals surface area contributed by atoms with Crippen LogP contribution in [0.3, 0.4) is 0 Å². The predicted octanol–water partition coefficient (Wildman–Crippen LogP) is 2.12. The second kappa shape index (κ2) is 5.36. The van der Waals surface area contributed by atoms with E-state index in [1.54, 1.807) is 0 Å². The lowest BCUT2D eigenvalue weighted by Crippen LogP contribution is -2.59. The molecule has 3 heterocycles. The summed E-state index contributed by atoms with van der Waals surface area (Å²) in [5.74, 6) is 1.89. The van der Waals surface area contributed by atoms with Crippen LogP contribution in [0, 0.1) is 5.92 Å². The maximum Gasteiger partial charge on any atom is 0.223 e. The van der Waals surface area contributed by atoms with Crippen LogP contribution in [0.2, 0.25) is 5.82 Å². The van der Waals surface area contributed by atoms with Gasteiger partial charge in [0, 0.05) is 18.5 Å². The number of rotatable bonds is 2. The zero-order chi connectivity index (χ0) is 14.3. The molecule has 112 valence electrons. The minimum atomic E-state index is 0.373. The Kier molecular flexibility index (Phi) is 3.87. The van der Waals surface area contributed by atoms with E-state index in [0.717, 1.165) is 12.2 Å². The molecular formula is C16H29BN2O. The molecule has 1 saturated carbocycles. The van der Waals surface area contributed by atoms with E-state index in [9.17, 15) is 4.79 Å². The third-order valence-electron chi connectivity index (χ3n) is 6.11. The molecule has 2 bridgehead atoms. The summed E-state index contributed by atoms with van der Waals surface area (Å²) < 4.78 is 0. The van der Waals surface area contributed by atoms with Crippen molar-refractivity contribution in [1.82, 2.24) is 10.2 Å². The monoisotopic (exact) mass is 276 g/mol. The first-order valence-electron chi connectivity index (χ1n) is 8.55. The molecule has 4 unspecified atom stereocenters. The molecule has 1 amide bonds. The fourth-order valence-corrected chi connectivity index (χ4v) is 5.15. The maximum absolute atomic E-state index is 12.3. The molecule has 0 aromatic rings. The number of carbonyl (C=O) groups excluding carboxylic acids is 1. The van der Waals surface area contributed by atoms with Gasteiger partial charge in [0.15, 0.2) is 0 Å². The summed E-state index contributed by atoms with van der Waals surface area (Å²) in [7, 11) is 3.47. The van der Waals surface area contributed by atoms with E-state index in [4.69, 9.17) is 0 Å². The number of hydrogen-bond donors (Lipinski definition) is 1. The van der Waals surface area contributed by atoms with Crippen LogP contribution in [0.15, 0.2) is 0 Å². The normalized spacial score (nSPS) is 41.1. The lowest BCUT2D eigenvalue weighted by molar-refractivity contribution is -0.130. The SMILES string of the molecule is CNC12BC(CC3CC(=O)N(C(C)C)C3CCCC1)C2. The van der Waals surface area contributed by atoms with Crippen molar-refractivity contribution < 1.29 is 4.79 Å². The average molecular weight is 276 g/mol. The Morgan fingerprint density at radius 3 is 2.80 bits per heavy atom. The van der Waals surface area contributed by atoms with Crippen molar-refractivity contribution in [3.8, 4) is 0 Å². The molecule has 4 heteroatoms. The van der Waals surface area contributed by atoms with Crippen LogP contribution in [0.5, 0.6) is 0 Å². The van der Waals surface area contributed by atoms with Gasteiger partial charge in [-0.1, -0.05) is 25.1 Å². The summed E-state index contributed by atoms with van der Waals surface area (Å²) in [5.41, 5.74) is 0.442. The number of likely N-dealkylation sites (tertiary alicyclic amines) is 1. The third-order valence-corrected chi connectivity index (χ3v) is 6.11. The van der Waals surface area contributed by atoms with Crippen LogP contribution in [0.4, 0.5) is 0 Å². The summed E-state index contributed by atoms with van der Waals surface area (Å²) in [6.45, 7) is 4.35. The zero-order valence-electron chi connectivity index (χ0n) is 13.3. The fraction of sp³-hybridized carbons (Fsp3) is 0.938. The van der Waals surface area contributed by atoms with Crippen molar-refractivity contribution in [2.24, 2.45) is 5.92 Å². The molecule has 0 aromatic carbocycles. The number of fused-ring (bicyclic) bond motifs is 3. The van der Waals surface area contributed by atoms with Crippen LogP contribution in [0.1, 0.15) is 58.8 Å². The van der Waals surface area contributed by atoms with Crippen LogP contribution >= 0.6 is 0 Å². The van der Waals surface area contributed by atoms with Gasteiger partial charge in [-0.05, 0) is 51.5 Å². The summed E-state index contributed by atoms with van der Waals surface area (Å²) >= 11 is 0. The highest BCUT2D eigenvalue weighted by molar-refractivity contribution is 6.46. The first-order valence-corrected chi connectivity index (χ1v) is 8.55. The molecule has 3 saturated heterocycles. The van der Waals surface area contributed by atoms with Crippen molar-refractivity contribution in [2.45, 2.75) is 82.1 Å². The van der Waals surface area contributed by atoms with Crippen molar-refractivity contribution >= 4 is 13.2 Å². The number of amides is 1. The van der Waals surface area contributed by atoms with Gasteiger partial charge in [-0.3, -0.25) is 4.79 Å². The lowest BCUT2D eigenvalue weighted by atomic mass is 9.33. The average Bonchev–Trinajstić information content (AvgIpc) is 2.67. The Balaban J connectivity index is 1.73. The highest BCUT2D eigenvalue weighted by Gasteiger charge is 2.48. The molecular weight excluding hydrogens is 247 g/mol. The maximum atomic E-state index is 12.3. The number of nitrogens with zero attached hydrogens (tertiary/aromatic N) is 1. The van der Waals surface area contributed by atoms with E-state index >= 15 is 0 Å². The highest BCUT2D eigenvalue weighted by atomic mass is 16.2. The first kappa shape index (κ1) is 14.4. The van der Waals surface area contributed by atoms with Crippen LogP contribution < -0.4 is 5.32 Å². The Morgan fingerprint density at radius 1 is 1.40 bits per heavy atom. The quantitative estimate of drug-likeness (QED) is 0.784. The van der Waals surface area contributed by atoms with Gasteiger partial charge in [0.25, 0.3) is 0 Å². The van der Waals surface area contributed by atoms with E-state index in [1.807, 2.05) is 0 Å². The van der Waals surface area contributed by atoms with E-state index in [1.165, 1.54) is 45.8 Å². The van der Waals surface area contributed by atoms with Crippen LogP contribution in [-0.2, 0) is 4.79 Å². The predicted molar refractivity (Wildman–Crippen MR) is 84.3 cm³/mol. The van der Waals surface area contributed by atoms with Crippen molar-refractivity contribution in [3.63, 3.8) is 0 Å². The number of nitrogens with one attached hydrogen (secondary N) is 1. The Labute approximate surface area is 124 Å². The lowest BCUT2D eigenvalue weighted by Gasteiger charge is -2.49. The minimum Gasteiger partial charge on any atom is -0.337 e. The van der Waals surface area contributed by atoms with Gasteiger partial charge in [0.2, 0.25) is 5.91 Å². The molecule has 1 N–H and O–H groups in total. The summed E-state index contributed by atoms with van der Waals surface area (Å²) in [5, 5.41) is 3.58. The van der Waals surface area contributed by atoms with E-state index < -0.39 is 0 Å². The highest BCUT2D eigenvalue weighted by Crippen LogP contribution is 2.46. The van der Waals surface area contributed by atoms with Crippen LogP contribution in [0.25, 0.3) is 0 Å². The molecule has 0 spiro atoms. The topological polar surface area (TPSA) is 32.3 Å². The summed E-state index contributed by atoms with van der Waals surface area (Å²) in [4.78, 5) is 14.5. The summed E-state index contributed by atoms with van der Waals surface area (Å²) in [6.07, 6.45) is 8.58. The largest absolute Gasteiger partial charge is 0.337 e. The molecule has 4 fully saturated rings. The van der Waals surface area contributed by atoms with Crippen molar-refractivity contribution in [2.75, 3.05) is 7.05 Å². The van der Waals surface area contributed by atoms with Gasteiger partial charge in [0.05, 0.1) is 0 Å². The van der Waals surface area contributed by atoms with Gasteiger partial charge in [0.1, 0.15) is 7.28 Å². The molecule has 3 nitrogen and oxygen atoms in total. The van der Waals surface area contributed by atoms with Gasteiger partial charge < -0.3 is 10.2 Å². The smallest absolute Gasteiger partial charge is 0.223 e. The van der Waals surface area contributed by atoms with E-state index in [-0.39, 0.29) is 0 Å². The standard InChI is InChI=1S/C16H29BN2O/c1-11(2)19-14-6-4-5-7-16(18-3)10-13(17-16)8-12(14)9-15(19)20/h11-14,17-18H,4-10H2,1-3H3. The Morgan fingerprint density at radius 2 is 2.15 bits per heavy atom. The van der Waals surface area contributed by atoms with Crippen molar-refractivity contribution in [3.05, 3.63) is 0 Å². The molecule has 1 aliphatic carbocycles. The van der Waals surface area contributed by atoms with Crippen LogP contribution in [-0.4, -0.2) is 42.7 Å². The zero-order valence-corrected chi connectivity index (χ0v) is 13.3. The molecule has 0 aromatic heterocycles. The molecule has 4 atom stereocenters. The van der Waals surface area contributed by atoms with Gasteiger partial charge in [-0.2, -0.15) is 0 Å². The van der Waals surface area contributed by atoms with Gasteiger partial charge >= 0.3 is 0 Å². The number of hydrogen-bond acceptors (Lipinski definition) is 2. The van der Waals surface area contributed by atoms with Gasteiger partial charge in [-0.15, -0.1) is 0 Å².